The van der Waals surface area contributed by atoms with Crippen LogP contribution in [-0.2, 0) is 16.6 Å². The van der Waals surface area contributed by atoms with E-state index in [0.717, 1.165) is 11.1 Å². The summed E-state index contributed by atoms with van der Waals surface area (Å²) in [6.07, 6.45) is 0. The Morgan fingerprint density at radius 2 is 2.15 bits per heavy atom. The quantitative estimate of drug-likeness (QED) is 0.834. The third-order valence-corrected chi connectivity index (χ3v) is 4.08. The molecule has 5 heteroatoms. The van der Waals surface area contributed by atoms with Crippen LogP contribution >= 0.6 is 11.3 Å². The maximum absolute atomic E-state index is 11.1. The Bertz CT molecular complexity index is 367. The van der Waals surface area contributed by atoms with E-state index in [4.69, 9.17) is 0 Å². The van der Waals surface area contributed by atoms with Crippen LogP contribution in [0.25, 0.3) is 0 Å². The molecule has 1 N–H and O–H groups in total. The second-order valence-electron chi connectivity index (χ2n) is 2.80. The lowest BCUT2D eigenvalue weighted by molar-refractivity contribution is 0.582. The highest BCUT2D eigenvalue weighted by molar-refractivity contribution is 7.89. The standard InChI is InChI=1S/C8H13NO2S2/c1-3-13(10,11)9-4-8-6-12-5-7(8)2/h5-6,9H,3-4H2,1-2H3. The lowest BCUT2D eigenvalue weighted by Crippen LogP contribution is -2.24. The predicted molar refractivity (Wildman–Crippen MR) is 55.4 cm³/mol. The normalized spacial score (nSPS) is 11.8. The first-order chi connectivity index (χ1) is 6.05. The zero-order chi connectivity index (χ0) is 9.90. The number of aryl methyl sites for hydroxylation is 1. The van der Waals surface area contributed by atoms with E-state index in [-0.39, 0.29) is 5.75 Å². The Labute approximate surface area is 82.8 Å². The van der Waals surface area contributed by atoms with Crippen LogP contribution in [-0.4, -0.2) is 14.2 Å². The first-order valence-electron chi connectivity index (χ1n) is 4.04. The van der Waals surface area contributed by atoms with Crippen molar-refractivity contribution in [2.75, 3.05) is 5.75 Å². The van der Waals surface area contributed by atoms with Gasteiger partial charge in [0.15, 0.2) is 0 Å². The molecule has 1 rings (SSSR count). The van der Waals surface area contributed by atoms with Crippen molar-refractivity contribution >= 4 is 21.4 Å². The minimum absolute atomic E-state index is 0.135. The molecule has 0 aromatic carbocycles. The second-order valence-corrected chi connectivity index (χ2v) is 5.64. The highest BCUT2D eigenvalue weighted by atomic mass is 32.2. The van der Waals surface area contributed by atoms with E-state index in [1.807, 2.05) is 17.7 Å². The van der Waals surface area contributed by atoms with Crippen molar-refractivity contribution < 1.29 is 8.42 Å². The molecule has 74 valence electrons. The molecule has 0 amide bonds. The smallest absolute Gasteiger partial charge is 0.211 e. The van der Waals surface area contributed by atoms with Crippen LogP contribution in [0.2, 0.25) is 0 Å². The van der Waals surface area contributed by atoms with Crippen LogP contribution in [0.3, 0.4) is 0 Å². The Hall–Kier alpha value is -0.390. The van der Waals surface area contributed by atoms with Crippen LogP contribution in [0.15, 0.2) is 10.8 Å². The Morgan fingerprint density at radius 3 is 2.62 bits per heavy atom. The molecule has 0 aliphatic rings. The SMILES string of the molecule is CCS(=O)(=O)NCc1cscc1C. The fourth-order valence-corrected chi connectivity index (χ4v) is 2.29. The van der Waals surface area contributed by atoms with Crippen LogP contribution in [0.5, 0.6) is 0 Å². The van der Waals surface area contributed by atoms with Gasteiger partial charge in [-0.25, -0.2) is 13.1 Å². The lowest BCUT2D eigenvalue weighted by Gasteiger charge is -2.03. The fraction of sp³-hybridized carbons (Fsp3) is 0.500. The van der Waals surface area contributed by atoms with Gasteiger partial charge in [-0.3, -0.25) is 0 Å². The monoisotopic (exact) mass is 219 g/mol. The summed E-state index contributed by atoms with van der Waals surface area (Å²) in [5, 5.41) is 3.98. The summed E-state index contributed by atoms with van der Waals surface area (Å²) in [6, 6.07) is 0. The van der Waals surface area contributed by atoms with Crippen molar-refractivity contribution in [3.63, 3.8) is 0 Å². The number of hydrogen-bond acceptors (Lipinski definition) is 3. The summed E-state index contributed by atoms with van der Waals surface area (Å²) in [5.74, 6) is 0.135. The summed E-state index contributed by atoms with van der Waals surface area (Å²) in [6.45, 7) is 4.01. The van der Waals surface area contributed by atoms with E-state index in [1.165, 1.54) is 0 Å². The van der Waals surface area contributed by atoms with Gasteiger partial charge >= 0.3 is 0 Å². The first-order valence-corrected chi connectivity index (χ1v) is 6.63. The molecule has 0 spiro atoms. The highest BCUT2D eigenvalue weighted by Crippen LogP contribution is 2.13. The molecule has 0 radical (unpaired) electrons. The van der Waals surface area contributed by atoms with Crippen molar-refractivity contribution in [3.05, 3.63) is 21.9 Å². The number of hydrogen-bond donors (Lipinski definition) is 1. The molecular weight excluding hydrogens is 206 g/mol. The van der Waals surface area contributed by atoms with Crippen molar-refractivity contribution in [2.24, 2.45) is 0 Å². The molecule has 0 fully saturated rings. The molecule has 0 bridgehead atoms. The van der Waals surface area contributed by atoms with E-state index in [1.54, 1.807) is 18.3 Å². The third-order valence-electron chi connectivity index (χ3n) is 1.82. The van der Waals surface area contributed by atoms with Crippen LogP contribution in [0.4, 0.5) is 0 Å². The van der Waals surface area contributed by atoms with E-state index in [9.17, 15) is 8.42 Å². The van der Waals surface area contributed by atoms with Crippen LogP contribution < -0.4 is 4.72 Å². The van der Waals surface area contributed by atoms with Crippen molar-refractivity contribution in [2.45, 2.75) is 20.4 Å². The average molecular weight is 219 g/mol. The molecule has 0 atom stereocenters. The third kappa shape index (κ3) is 3.10. The van der Waals surface area contributed by atoms with Gasteiger partial charge in [0.2, 0.25) is 10.0 Å². The van der Waals surface area contributed by atoms with E-state index in [0.29, 0.717) is 6.54 Å². The number of sulfonamides is 1. The van der Waals surface area contributed by atoms with Gasteiger partial charge < -0.3 is 0 Å². The summed E-state index contributed by atoms with van der Waals surface area (Å²) < 4.78 is 24.7. The van der Waals surface area contributed by atoms with Gasteiger partial charge in [0.05, 0.1) is 5.75 Å². The molecule has 3 nitrogen and oxygen atoms in total. The topological polar surface area (TPSA) is 46.2 Å². The lowest BCUT2D eigenvalue weighted by atomic mass is 10.2. The minimum Gasteiger partial charge on any atom is -0.212 e. The second kappa shape index (κ2) is 4.21. The van der Waals surface area contributed by atoms with Gasteiger partial charge in [0, 0.05) is 6.54 Å². The number of rotatable bonds is 4. The molecule has 1 heterocycles. The molecule has 0 aliphatic heterocycles. The van der Waals surface area contributed by atoms with E-state index >= 15 is 0 Å². The fourth-order valence-electron chi connectivity index (χ4n) is 0.858. The van der Waals surface area contributed by atoms with Gasteiger partial charge in [-0.2, -0.15) is 11.3 Å². The maximum Gasteiger partial charge on any atom is 0.211 e. The van der Waals surface area contributed by atoms with Crippen LogP contribution in [0, 0.1) is 6.92 Å². The summed E-state index contributed by atoms with van der Waals surface area (Å²) in [4.78, 5) is 0. The number of thiophene rings is 1. The van der Waals surface area contributed by atoms with Gasteiger partial charge in [-0.05, 0) is 35.7 Å². The number of nitrogens with one attached hydrogen (secondary N) is 1. The predicted octanol–water partition coefficient (Wildman–Crippen LogP) is 1.50. The zero-order valence-corrected chi connectivity index (χ0v) is 9.33. The molecule has 0 saturated carbocycles. The maximum atomic E-state index is 11.1. The van der Waals surface area contributed by atoms with Crippen LogP contribution in [0.1, 0.15) is 18.1 Å². The Morgan fingerprint density at radius 1 is 1.46 bits per heavy atom. The summed E-state index contributed by atoms with van der Waals surface area (Å²) in [5.41, 5.74) is 2.20. The van der Waals surface area contributed by atoms with Gasteiger partial charge in [0.1, 0.15) is 0 Å². The van der Waals surface area contributed by atoms with Gasteiger partial charge in [-0.15, -0.1) is 0 Å². The molecule has 1 aromatic heterocycles. The Kier molecular flexibility index (Phi) is 3.47. The van der Waals surface area contributed by atoms with E-state index in [2.05, 4.69) is 4.72 Å². The molecule has 0 aliphatic carbocycles. The van der Waals surface area contributed by atoms with E-state index < -0.39 is 10.0 Å². The molecule has 1 aromatic rings. The largest absolute Gasteiger partial charge is 0.212 e. The van der Waals surface area contributed by atoms with Gasteiger partial charge in [-0.1, -0.05) is 0 Å². The minimum atomic E-state index is -3.06. The summed E-state index contributed by atoms with van der Waals surface area (Å²) >= 11 is 1.59. The average Bonchev–Trinajstić information content (AvgIpc) is 2.48. The van der Waals surface area contributed by atoms with Crippen molar-refractivity contribution in [1.29, 1.82) is 0 Å². The molecular formula is C8H13NO2S2. The molecule has 13 heavy (non-hydrogen) atoms. The summed E-state index contributed by atoms with van der Waals surface area (Å²) in [7, 11) is -3.06. The van der Waals surface area contributed by atoms with Crippen molar-refractivity contribution in [1.82, 2.24) is 4.72 Å². The zero-order valence-electron chi connectivity index (χ0n) is 7.70. The van der Waals surface area contributed by atoms with Crippen molar-refractivity contribution in [3.8, 4) is 0 Å². The Balaban J connectivity index is 2.58. The molecule has 0 unspecified atom stereocenters. The molecule has 0 saturated heterocycles. The first kappa shape index (κ1) is 10.7. The van der Waals surface area contributed by atoms with Gasteiger partial charge in [0.25, 0.3) is 0 Å². The highest BCUT2D eigenvalue weighted by Gasteiger charge is 2.07.